The summed E-state index contributed by atoms with van der Waals surface area (Å²) in [4.78, 5) is 68.4. The number of aromatic nitrogens is 3. The fraction of sp³-hybridized carbons (Fsp3) is 0.415. The van der Waals surface area contributed by atoms with Crippen molar-refractivity contribution in [2.45, 2.75) is 186 Å². The molecule has 6 aromatic carbocycles. The quantitative estimate of drug-likeness (QED) is 0.0369. The molecule has 9 aromatic rings. The third-order valence-corrected chi connectivity index (χ3v) is 26.7. The van der Waals surface area contributed by atoms with E-state index in [9.17, 15) is 34.5 Å². The first-order valence-electron chi connectivity index (χ1n) is 39.8. The summed E-state index contributed by atoms with van der Waals surface area (Å²) in [7, 11) is 8.11. The molecule has 0 bridgehead atoms. The van der Waals surface area contributed by atoms with Crippen molar-refractivity contribution >= 4 is 40.6 Å². The lowest BCUT2D eigenvalue weighted by Crippen LogP contribution is -2.50. The van der Waals surface area contributed by atoms with Crippen molar-refractivity contribution in [3.8, 4) is 17.6 Å². The van der Waals surface area contributed by atoms with E-state index >= 15 is 0 Å². The van der Waals surface area contributed by atoms with Crippen LogP contribution in [0.15, 0.2) is 219 Å². The van der Waals surface area contributed by atoms with Crippen LogP contribution in [0.3, 0.4) is 0 Å². The fourth-order valence-electron chi connectivity index (χ4n) is 15.0. The van der Waals surface area contributed by atoms with Gasteiger partial charge in [0.2, 0.25) is 17.6 Å². The number of carbonyl (C=O) groups is 4. The number of benzene rings is 6. The number of aliphatic hydroxyl groups excluding tert-OH is 2. The number of carbonyl (C=O) groups excluding carboxylic acids is 3. The van der Waals surface area contributed by atoms with Crippen LogP contribution in [0.1, 0.15) is 192 Å². The standard InChI is InChI=1S/C30H43NO5Si.2C28H32N2O3.C8H12N2O.B/c1-29(2,3)35-28(34)31-24(20-21-14-16-23(17-15-21)27(32)33)18-19-25(31)26(22-12-10-9-11-13-22)36-37(7,8)30(4,5)6;2*1-30(19-22-11-15-26(33-2)29-18-22)28(32)24-12-8-20(9-13-24)16-21-10-14-25(17-21)27(31)23-6-4-3-5-7-23;1-9-5-7-3-4-8(11-2)10-6-7;/h9-17,24-26H,18-20H2,1-8H3,(H,32,33);2*3-9,11-13,15,18,21,25,27,31H,10,14,16-17,19H2,1-2H3;3-4,6,9H,5H2,1-2H3;/t24?,25-,26-;2*21-,25-,27+;;/m100../s1. The first kappa shape index (κ1) is 90.5. The van der Waals surface area contributed by atoms with E-state index in [0.717, 1.165) is 110 Å². The third kappa shape index (κ3) is 26.8. The number of amides is 3. The van der Waals surface area contributed by atoms with Gasteiger partial charge in [0.1, 0.15) is 5.60 Å². The van der Waals surface area contributed by atoms with Crippen LogP contribution < -0.4 is 19.5 Å². The maximum absolute atomic E-state index is 13.7. The predicted octanol–water partition coefficient (Wildman–Crippen LogP) is 18.0. The second kappa shape index (κ2) is 43.1. The van der Waals surface area contributed by atoms with Gasteiger partial charge in [-0.15, -0.1) is 0 Å². The number of aliphatic hydroxyl groups is 2. The van der Waals surface area contributed by atoms with Gasteiger partial charge in [0.15, 0.2) is 8.32 Å². The van der Waals surface area contributed by atoms with Gasteiger partial charge in [-0.1, -0.05) is 166 Å². The summed E-state index contributed by atoms with van der Waals surface area (Å²) < 4.78 is 28.0. The Morgan fingerprint density at radius 1 is 0.496 bits per heavy atom. The lowest BCUT2D eigenvalue weighted by molar-refractivity contribution is -0.00242. The fourth-order valence-corrected chi connectivity index (χ4v) is 16.3. The summed E-state index contributed by atoms with van der Waals surface area (Å²) >= 11 is 0. The lowest BCUT2D eigenvalue weighted by Gasteiger charge is -2.43. The van der Waals surface area contributed by atoms with Crippen LogP contribution in [0.2, 0.25) is 18.1 Å². The molecule has 2 aliphatic carbocycles. The number of methoxy groups -OCH3 is 3. The van der Waals surface area contributed by atoms with E-state index in [0.29, 0.717) is 71.9 Å². The number of carboxylic acid groups (broad SMARTS) is 1. The SMILES string of the molecule is CC(C)(C)OC(=O)N1C(Cc2ccc(C(=O)O)cc2)CC[C@@H]1[C@H](O[Si](C)(C)C(C)(C)C)c1ccccc1.CNCc1ccc(OC)nc1.COc1ccc(CN(C)C(=O)c2ccc(C[C@@H]3CC[C@H]([C@H](O)c4ccccc4)C3)cc2)cn1.COc1ccc(CN(C)C(=O)c2ccc(C[C@@H]3CC[C@H]([C@H](O)c4ccccc4)C3)cc2)cn1.[B]. The zero-order valence-electron chi connectivity index (χ0n) is 69.7. The van der Waals surface area contributed by atoms with Crippen LogP contribution in [0, 0.1) is 23.7 Å². The van der Waals surface area contributed by atoms with Gasteiger partial charge >= 0.3 is 12.1 Å². The molecule has 3 radical (unpaired) electrons. The molecule has 3 aromatic heterocycles. The van der Waals surface area contributed by atoms with E-state index in [-0.39, 0.29) is 67.3 Å². The average Bonchev–Trinajstić information content (AvgIpc) is 1.70. The van der Waals surface area contributed by atoms with Gasteiger partial charge in [0.25, 0.3) is 11.8 Å². The smallest absolute Gasteiger partial charge is 0.410 e. The summed E-state index contributed by atoms with van der Waals surface area (Å²) in [5, 5.41) is 33.8. The first-order chi connectivity index (χ1) is 54.5. The Balaban J connectivity index is 0.000000201. The Labute approximate surface area is 684 Å². The van der Waals surface area contributed by atoms with Gasteiger partial charge < -0.3 is 53.8 Å². The number of aromatic carboxylic acids is 1. The van der Waals surface area contributed by atoms with Crippen molar-refractivity contribution < 1.29 is 57.9 Å². The molecule has 115 heavy (non-hydrogen) atoms. The second-order valence-corrected chi connectivity index (χ2v) is 37.7. The van der Waals surface area contributed by atoms with Gasteiger partial charge in [-0.2, -0.15) is 0 Å². The molecule has 1 unspecified atom stereocenters. The third-order valence-electron chi connectivity index (χ3n) is 22.3. The molecular formula is C94H119BN7O12Si. The highest BCUT2D eigenvalue weighted by Gasteiger charge is 2.48. The van der Waals surface area contributed by atoms with E-state index in [1.165, 1.54) is 11.1 Å². The number of rotatable bonds is 26. The first-order valence-corrected chi connectivity index (χ1v) is 42.8. The maximum Gasteiger partial charge on any atom is 0.410 e. The number of pyridine rings is 3. The van der Waals surface area contributed by atoms with Crippen LogP contribution in [0.4, 0.5) is 4.79 Å². The second-order valence-electron chi connectivity index (χ2n) is 33.0. The monoisotopic (exact) mass is 1580 g/mol. The van der Waals surface area contributed by atoms with Gasteiger partial charge in [-0.3, -0.25) is 14.5 Å². The molecule has 4 heterocycles. The van der Waals surface area contributed by atoms with Crippen molar-refractivity contribution in [1.29, 1.82) is 0 Å². The molecule has 609 valence electrons. The van der Waals surface area contributed by atoms with Crippen molar-refractivity contribution in [3.05, 3.63) is 286 Å². The van der Waals surface area contributed by atoms with Crippen LogP contribution in [-0.4, -0.2) is 146 Å². The molecule has 12 rings (SSSR count). The van der Waals surface area contributed by atoms with Crippen molar-refractivity contribution in [3.63, 3.8) is 0 Å². The number of nitrogens with zero attached hydrogens (tertiary/aromatic N) is 6. The van der Waals surface area contributed by atoms with Gasteiger partial charge in [0.05, 0.1) is 51.2 Å². The molecule has 0 spiro atoms. The Morgan fingerprint density at radius 3 is 1.23 bits per heavy atom. The maximum atomic E-state index is 13.7. The highest BCUT2D eigenvalue weighted by Crippen LogP contribution is 2.46. The van der Waals surface area contributed by atoms with Crippen LogP contribution in [-0.2, 0) is 48.1 Å². The summed E-state index contributed by atoms with van der Waals surface area (Å²) in [6.45, 7) is 18.7. The minimum absolute atomic E-state index is 0. The molecule has 3 fully saturated rings. The van der Waals surface area contributed by atoms with Crippen molar-refractivity contribution in [2.24, 2.45) is 23.7 Å². The van der Waals surface area contributed by atoms with Gasteiger partial charge in [0, 0.05) is 96.1 Å². The minimum atomic E-state index is -2.18. The Hall–Kier alpha value is -10.0. The summed E-state index contributed by atoms with van der Waals surface area (Å²) in [5.41, 5.74) is 10.6. The molecule has 1 aliphatic heterocycles. The van der Waals surface area contributed by atoms with Crippen LogP contribution >= 0.6 is 0 Å². The van der Waals surface area contributed by atoms with Gasteiger partial charge in [-0.25, -0.2) is 24.5 Å². The Kier molecular flexibility index (Phi) is 33.9. The average molecular weight is 1580 g/mol. The summed E-state index contributed by atoms with van der Waals surface area (Å²) in [6, 6.07) is 64.1. The van der Waals surface area contributed by atoms with E-state index in [4.69, 9.17) is 23.4 Å². The summed E-state index contributed by atoms with van der Waals surface area (Å²) in [6.07, 6.45) is 14.6. The molecule has 2 saturated carbocycles. The largest absolute Gasteiger partial charge is 0.481 e. The molecule has 1 saturated heterocycles. The number of carboxylic acids is 1. The Bertz CT molecular complexity index is 4250. The minimum Gasteiger partial charge on any atom is -0.481 e. The lowest BCUT2D eigenvalue weighted by atomic mass is 9.91. The van der Waals surface area contributed by atoms with Crippen LogP contribution in [0.25, 0.3) is 0 Å². The van der Waals surface area contributed by atoms with E-state index in [1.54, 1.807) is 88.1 Å². The highest BCUT2D eigenvalue weighted by atomic mass is 28.4. The van der Waals surface area contributed by atoms with Crippen molar-refractivity contribution in [1.82, 2.24) is 35.0 Å². The predicted molar refractivity (Wildman–Crippen MR) is 457 cm³/mol. The van der Waals surface area contributed by atoms with Crippen molar-refractivity contribution in [2.75, 3.05) is 42.5 Å². The number of likely N-dealkylation sites (tertiary alicyclic amines) is 1. The molecule has 4 N–H and O–H groups in total. The number of ether oxygens (including phenoxy) is 4. The number of hydrogen-bond donors (Lipinski definition) is 4. The number of nitrogens with one attached hydrogen (secondary N) is 1. The molecular weight excluding hydrogens is 1460 g/mol. The molecule has 21 heteroatoms. The zero-order valence-corrected chi connectivity index (χ0v) is 70.7. The molecule has 3 amide bonds. The van der Waals surface area contributed by atoms with Gasteiger partial charge in [-0.05, 0) is 227 Å². The number of hydrogen-bond acceptors (Lipinski definition) is 15. The topological polar surface area (TPSA) is 236 Å². The Morgan fingerprint density at radius 2 is 0.870 bits per heavy atom. The van der Waals surface area contributed by atoms with E-state index in [1.807, 2.05) is 172 Å². The van der Waals surface area contributed by atoms with E-state index in [2.05, 4.69) is 90.5 Å². The molecule has 9 atom stereocenters. The highest BCUT2D eigenvalue weighted by molar-refractivity contribution is 6.74. The zero-order chi connectivity index (χ0) is 82.1. The van der Waals surface area contributed by atoms with Crippen LogP contribution in [0.5, 0.6) is 17.6 Å². The summed E-state index contributed by atoms with van der Waals surface area (Å²) in [5.74, 6) is 2.59. The molecule has 3 aliphatic rings. The molecule has 19 nitrogen and oxygen atoms in total. The van der Waals surface area contributed by atoms with E-state index < -0.39 is 19.9 Å². The normalized spacial score (nSPS) is 17.9.